The molecule has 1 aliphatic rings. The second-order valence-electron chi connectivity index (χ2n) is 10.8. The van der Waals surface area contributed by atoms with Gasteiger partial charge in [-0.2, -0.15) is 0 Å². The minimum atomic E-state index is -1.35. The molecule has 1 saturated heterocycles. The lowest BCUT2D eigenvalue weighted by molar-refractivity contribution is -0.0942. The number of rotatable bonds is 9. The van der Waals surface area contributed by atoms with Crippen LogP contribution in [-0.2, 0) is 15.1 Å². The van der Waals surface area contributed by atoms with Crippen LogP contribution in [0.1, 0.15) is 22.9 Å². The van der Waals surface area contributed by atoms with Crippen LogP contribution in [0.15, 0.2) is 102 Å². The van der Waals surface area contributed by atoms with Gasteiger partial charge in [0.25, 0.3) is 5.56 Å². The van der Waals surface area contributed by atoms with E-state index in [1.807, 2.05) is 78.9 Å². The van der Waals surface area contributed by atoms with Gasteiger partial charge in [-0.05, 0) is 41.0 Å². The number of fused-ring (bicyclic) bond motifs is 3. The molecule has 0 aliphatic carbocycles. The highest BCUT2D eigenvalue weighted by molar-refractivity contribution is 5.72. The number of ether oxygens (including phenoxy) is 4. The van der Waals surface area contributed by atoms with Gasteiger partial charge in [-0.3, -0.25) is 18.7 Å². The third-order valence-corrected chi connectivity index (χ3v) is 8.33. The smallest absolute Gasteiger partial charge is 0.280 e. The molecular weight excluding hydrogens is 578 g/mol. The van der Waals surface area contributed by atoms with Crippen molar-refractivity contribution in [2.75, 3.05) is 20.8 Å². The highest BCUT2D eigenvalue weighted by atomic mass is 16.6. The Bertz CT molecular complexity index is 1940. The van der Waals surface area contributed by atoms with Crippen molar-refractivity contribution in [1.82, 2.24) is 23.9 Å². The second-order valence-corrected chi connectivity index (χ2v) is 10.8. The molecule has 12 heteroatoms. The number of nitrogens with zero attached hydrogens (tertiary/aromatic N) is 4. The number of aromatic nitrogens is 5. The van der Waals surface area contributed by atoms with Crippen molar-refractivity contribution < 1.29 is 29.2 Å². The largest absolute Gasteiger partial charge is 0.497 e. The summed E-state index contributed by atoms with van der Waals surface area (Å²) in [6.07, 6.45) is -0.0360. The van der Waals surface area contributed by atoms with Crippen molar-refractivity contribution in [3.05, 3.63) is 125 Å². The van der Waals surface area contributed by atoms with Crippen molar-refractivity contribution >= 4 is 16.9 Å². The SMILES string of the molecule is COc1ccc(C(OC[C@H]2O[C@@H](n3cnc4c(=O)[nH]c5nccn5c43)[C@H](O)[C@@H]2O)(c2ccccc2)c2ccc(OC)cc2)cc1. The Morgan fingerprint density at radius 3 is 2.11 bits per heavy atom. The van der Waals surface area contributed by atoms with Crippen LogP contribution in [0.5, 0.6) is 11.5 Å². The maximum absolute atomic E-state index is 12.7. The molecule has 7 rings (SSSR count). The Morgan fingerprint density at radius 2 is 1.49 bits per heavy atom. The maximum atomic E-state index is 12.7. The number of aliphatic hydroxyl groups excluding tert-OH is 2. The summed E-state index contributed by atoms with van der Waals surface area (Å²) >= 11 is 0. The van der Waals surface area contributed by atoms with Gasteiger partial charge in [0.05, 0.1) is 27.2 Å². The van der Waals surface area contributed by atoms with Crippen LogP contribution in [0.4, 0.5) is 0 Å². The number of hydrogen-bond acceptors (Lipinski definition) is 9. The molecule has 1 fully saturated rings. The molecule has 3 aromatic heterocycles. The number of methoxy groups -OCH3 is 2. The third kappa shape index (κ3) is 4.75. The molecule has 0 saturated carbocycles. The van der Waals surface area contributed by atoms with E-state index < -0.39 is 35.7 Å². The molecule has 0 amide bonds. The fraction of sp³-hybridized carbons (Fsp3) is 0.242. The van der Waals surface area contributed by atoms with E-state index in [-0.39, 0.29) is 12.1 Å². The molecule has 0 radical (unpaired) electrons. The highest BCUT2D eigenvalue weighted by Crippen LogP contribution is 2.43. The molecule has 12 nitrogen and oxygen atoms in total. The minimum absolute atomic E-state index is 0.102. The number of aromatic amines is 1. The van der Waals surface area contributed by atoms with Gasteiger partial charge in [-0.25, -0.2) is 9.97 Å². The fourth-order valence-electron chi connectivity index (χ4n) is 6.05. The zero-order valence-electron chi connectivity index (χ0n) is 24.5. The standard InChI is InChI=1S/C33H31N5O7/c1-42-23-12-8-21(9-13-23)33(20-6-4-3-5-7-20,22-10-14-24(43-2)15-11-22)44-18-25-27(39)28(40)31(45-25)38-19-35-26-29(41)36-32-34-16-17-37(32)30(26)38/h3-17,19,25,27-28,31,39-40H,18H2,1-2H3,(H,34,36,41)/t25-,27-,28-,31-/m1/s1. The topological polar surface area (TPSA) is 145 Å². The van der Waals surface area contributed by atoms with Crippen LogP contribution in [0.2, 0.25) is 0 Å². The Morgan fingerprint density at radius 1 is 0.867 bits per heavy atom. The molecular formula is C33H31N5O7. The average molecular weight is 610 g/mol. The zero-order chi connectivity index (χ0) is 31.1. The van der Waals surface area contributed by atoms with E-state index in [1.165, 1.54) is 10.9 Å². The van der Waals surface area contributed by atoms with Crippen LogP contribution in [0.3, 0.4) is 0 Å². The summed E-state index contributed by atoms with van der Waals surface area (Å²) in [5, 5.41) is 22.5. The van der Waals surface area contributed by atoms with Crippen molar-refractivity contribution in [2.24, 2.45) is 0 Å². The molecule has 1 aliphatic heterocycles. The van der Waals surface area contributed by atoms with E-state index in [0.29, 0.717) is 22.9 Å². The lowest BCUT2D eigenvalue weighted by atomic mass is 9.80. The van der Waals surface area contributed by atoms with Gasteiger partial charge in [0.2, 0.25) is 5.78 Å². The summed E-state index contributed by atoms with van der Waals surface area (Å²) < 4.78 is 27.2. The second kappa shape index (κ2) is 11.5. The molecule has 0 bridgehead atoms. The van der Waals surface area contributed by atoms with Crippen molar-refractivity contribution in [1.29, 1.82) is 0 Å². The predicted octanol–water partition coefficient (Wildman–Crippen LogP) is 3.02. The third-order valence-electron chi connectivity index (χ3n) is 8.33. The number of nitrogens with one attached hydrogen (secondary N) is 1. The molecule has 3 N–H and O–H groups in total. The quantitative estimate of drug-likeness (QED) is 0.211. The first-order valence-corrected chi connectivity index (χ1v) is 14.4. The number of imidazole rings is 2. The van der Waals surface area contributed by atoms with E-state index in [1.54, 1.807) is 31.0 Å². The van der Waals surface area contributed by atoms with Crippen LogP contribution in [0.25, 0.3) is 16.9 Å². The number of aliphatic hydroxyl groups is 2. The average Bonchev–Trinajstić information content (AvgIpc) is 3.80. The first-order valence-electron chi connectivity index (χ1n) is 14.4. The van der Waals surface area contributed by atoms with E-state index in [4.69, 9.17) is 18.9 Å². The Balaban J connectivity index is 1.28. The van der Waals surface area contributed by atoms with Gasteiger partial charge in [0, 0.05) is 12.4 Å². The Hall–Kier alpha value is -5.01. The molecule has 230 valence electrons. The maximum Gasteiger partial charge on any atom is 0.280 e. The lowest BCUT2D eigenvalue weighted by Gasteiger charge is -2.37. The van der Waals surface area contributed by atoms with Crippen molar-refractivity contribution in [2.45, 2.75) is 30.1 Å². The summed E-state index contributed by atoms with van der Waals surface area (Å²) in [7, 11) is 3.22. The van der Waals surface area contributed by atoms with E-state index in [9.17, 15) is 15.0 Å². The van der Waals surface area contributed by atoms with Gasteiger partial charge in [-0.15, -0.1) is 0 Å². The number of benzene rings is 3. The van der Waals surface area contributed by atoms with Crippen molar-refractivity contribution in [3.8, 4) is 11.5 Å². The summed E-state index contributed by atoms with van der Waals surface area (Å²) in [6, 6.07) is 25.0. The van der Waals surface area contributed by atoms with Crippen LogP contribution in [-0.4, -0.2) is 73.3 Å². The summed E-state index contributed by atoms with van der Waals surface area (Å²) in [6.45, 7) is -0.102. The highest BCUT2D eigenvalue weighted by Gasteiger charge is 2.47. The summed E-state index contributed by atoms with van der Waals surface area (Å²) in [4.78, 5) is 23.8. The Kier molecular flexibility index (Phi) is 7.34. The number of hydrogen-bond donors (Lipinski definition) is 3. The normalized spacial score (nSPS) is 20.2. The van der Waals surface area contributed by atoms with Gasteiger partial charge in [0.15, 0.2) is 17.4 Å². The molecule has 3 aromatic carbocycles. The summed E-state index contributed by atoms with van der Waals surface area (Å²) in [5.74, 6) is 1.69. The van der Waals surface area contributed by atoms with E-state index >= 15 is 0 Å². The van der Waals surface area contributed by atoms with Gasteiger partial charge >= 0.3 is 0 Å². The van der Waals surface area contributed by atoms with Crippen LogP contribution in [0, 0.1) is 0 Å². The molecule has 6 aromatic rings. The first-order chi connectivity index (χ1) is 21.9. The first kappa shape index (κ1) is 28.7. The van der Waals surface area contributed by atoms with E-state index in [0.717, 1.165) is 16.7 Å². The molecule has 0 unspecified atom stereocenters. The molecule has 4 atom stereocenters. The monoisotopic (exact) mass is 609 g/mol. The van der Waals surface area contributed by atoms with Crippen LogP contribution < -0.4 is 15.0 Å². The van der Waals surface area contributed by atoms with Gasteiger partial charge < -0.3 is 29.2 Å². The van der Waals surface area contributed by atoms with Crippen molar-refractivity contribution in [3.63, 3.8) is 0 Å². The van der Waals surface area contributed by atoms with Crippen LogP contribution >= 0.6 is 0 Å². The van der Waals surface area contributed by atoms with E-state index in [2.05, 4.69) is 15.0 Å². The van der Waals surface area contributed by atoms with Gasteiger partial charge in [-0.1, -0.05) is 54.6 Å². The molecule has 4 heterocycles. The summed E-state index contributed by atoms with van der Waals surface area (Å²) in [5.41, 5.74) is 1.41. The fourth-order valence-corrected chi connectivity index (χ4v) is 6.05. The lowest BCUT2D eigenvalue weighted by Crippen LogP contribution is -2.39. The minimum Gasteiger partial charge on any atom is -0.497 e. The Labute approximate surface area is 257 Å². The number of H-pyrrole nitrogens is 1. The molecule has 45 heavy (non-hydrogen) atoms. The van der Waals surface area contributed by atoms with Gasteiger partial charge in [0.1, 0.15) is 35.4 Å². The predicted molar refractivity (Wildman–Crippen MR) is 163 cm³/mol. The molecule has 0 spiro atoms. The zero-order valence-corrected chi connectivity index (χ0v) is 24.5.